The Morgan fingerprint density at radius 2 is 2.19 bits per heavy atom. The van der Waals surface area contributed by atoms with E-state index in [0.29, 0.717) is 18.9 Å². The Morgan fingerprint density at radius 1 is 1.50 bits per heavy atom. The van der Waals surface area contributed by atoms with E-state index in [9.17, 15) is 9.90 Å². The van der Waals surface area contributed by atoms with Gasteiger partial charge in [-0.2, -0.15) is 0 Å². The van der Waals surface area contributed by atoms with Crippen LogP contribution in [-0.4, -0.2) is 43.9 Å². The fourth-order valence-corrected chi connectivity index (χ4v) is 1.38. The van der Waals surface area contributed by atoms with Crippen LogP contribution in [0.1, 0.15) is 26.2 Å². The van der Waals surface area contributed by atoms with Crippen LogP contribution >= 0.6 is 0 Å². The van der Waals surface area contributed by atoms with E-state index in [0.717, 1.165) is 12.8 Å². The van der Waals surface area contributed by atoms with E-state index in [-0.39, 0.29) is 19.1 Å². The number of methoxy groups -OCH3 is 1. The first-order valence-electron chi connectivity index (χ1n) is 5.73. The Bertz CT molecular complexity index is 170. The first-order valence-corrected chi connectivity index (χ1v) is 5.73. The maximum atomic E-state index is 11.4. The monoisotopic (exact) mass is 232 g/mol. The van der Waals surface area contributed by atoms with Crippen LogP contribution in [0.2, 0.25) is 0 Å². The van der Waals surface area contributed by atoms with E-state index >= 15 is 0 Å². The summed E-state index contributed by atoms with van der Waals surface area (Å²) in [5.74, 6) is 0.443. The summed E-state index contributed by atoms with van der Waals surface area (Å²) in [5.41, 5.74) is 5.42. The van der Waals surface area contributed by atoms with Gasteiger partial charge in [-0.25, -0.2) is 0 Å². The van der Waals surface area contributed by atoms with E-state index in [1.54, 1.807) is 0 Å². The van der Waals surface area contributed by atoms with Crippen molar-refractivity contribution in [2.45, 2.75) is 32.3 Å². The third kappa shape index (κ3) is 8.64. The molecule has 0 rings (SSSR count). The summed E-state index contributed by atoms with van der Waals surface area (Å²) in [6.07, 6.45) is 1.64. The minimum atomic E-state index is -0.629. The van der Waals surface area contributed by atoms with Crippen molar-refractivity contribution in [3.8, 4) is 0 Å². The smallest absolute Gasteiger partial charge is 0.220 e. The van der Waals surface area contributed by atoms with Gasteiger partial charge in [0.1, 0.15) is 0 Å². The normalized spacial score (nSPS) is 14.5. The summed E-state index contributed by atoms with van der Waals surface area (Å²) < 4.78 is 4.75. The largest absolute Gasteiger partial charge is 0.389 e. The first kappa shape index (κ1) is 15.3. The molecule has 4 N–H and O–H groups in total. The molecular formula is C11H24N2O3. The fourth-order valence-electron chi connectivity index (χ4n) is 1.38. The highest BCUT2D eigenvalue weighted by atomic mass is 16.5. The fraction of sp³-hybridized carbons (Fsp3) is 0.909. The summed E-state index contributed by atoms with van der Waals surface area (Å²) >= 11 is 0. The van der Waals surface area contributed by atoms with Crippen LogP contribution in [-0.2, 0) is 9.53 Å². The van der Waals surface area contributed by atoms with Crippen LogP contribution in [0.5, 0.6) is 0 Å². The highest BCUT2D eigenvalue weighted by Gasteiger charge is 2.08. The molecule has 5 heteroatoms. The van der Waals surface area contributed by atoms with E-state index in [2.05, 4.69) is 12.2 Å². The molecule has 1 amide bonds. The zero-order valence-electron chi connectivity index (χ0n) is 10.2. The number of rotatable bonds is 9. The summed E-state index contributed by atoms with van der Waals surface area (Å²) in [7, 11) is 1.51. The summed E-state index contributed by atoms with van der Waals surface area (Å²) in [4.78, 5) is 11.4. The molecule has 2 atom stereocenters. The standard InChI is InChI=1S/C11H24N2O3/c1-9(5-6-12)3-4-11(15)13-7-10(14)8-16-2/h9-10,14H,3-8,12H2,1-2H3,(H,13,15). The third-order valence-electron chi connectivity index (χ3n) is 2.42. The van der Waals surface area contributed by atoms with E-state index < -0.39 is 6.10 Å². The van der Waals surface area contributed by atoms with Crippen molar-refractivity contribution in [3.63, 3.8) is 0 Å². The highest BCUT2D eigenvalue weighted by Crippen LogP contribution is 2.08. The Morgan fingerprint density at radius 3 is 2.75 bits per heavy atom. The lowest BCUT2D eigenvalue weighted by molar-refractivity contribution is -0.122. The predicted molar refractivity (Wildman–Crippen MR) is 63.0 cm³/mol. The topological polar surface area (TPSA) is 84.6 Å². The zero-order valence-corrected chi connectivity index (χ0v) is 10.2. The van der Waals surface area contributed by atoms with Gasteiger partial charge in [0.05, 0.1) is 12.7 Å². The van der Waals surface area contributed by atoms with Crippen molar-refractivity contribution in [2.75, 3.05) is 26.8 Å². The van der Waals surface area contributed by atoms with Crippen LogP contribution in [0, 0.1) is 5.92 Å². The molecule has 0 aromatic carbocycles. The van der Waals surface area contributed by atoms with Gasteiger partial charge in [-0.05, 0) is 25.3 Å². The summed E-state index contributed by atoms with van der Waals surface area (Å²) in [6.45, 7) is 3.23. The van der Waals surface area contributed by atoms with E-state index in [4.69, 9.17) is 10.5 Å². The number of amides is 1. The van der Waals surface area contributed by atoms with Crippen LogP contribution in [0.15, 0.2) is 0 Å². The molecule has 0 spiro atoms. The molecule has 0 saturated heterocycles. The lowest BCUT2D eigenvalue weighted by Gasteiger charge is -2.12. The molecule has 0 aliphatic rings. The van der Waals surface area contributed by atoms with Gasteiger partial charge in [0.2, 0.25) is 5.91 Å². The number of carbonyl (C=O) groups excluding carboxylic acids is 1. The van der Waals surface area contributed by atoms with Crippen LogP contribution in [0.3, 0.4) is 0 Å². The minimum absolute atomic E-state index is 0.0287. The van der Waals surface area contributed by atoms with E-state index in [1.165, 1.54) is 7.11 Å². The molecular weight excluding hydrogens is 208 g/mol. The quantitative estimate of drug-likeness (QED) is 0.517. The van der Waals surface area contributed by atoms with Crippen LogP contribution in [0.4, 0.5) is 0 Å². The third-order valence-corrected chi connectivity index (χ3v) is 2.42. The number of hydrogen-bond acceptors (Lipinski definition) is 4. The predicted octanol–water partition coefficient (Wildman–Crippen LogP) is -0.125. The molecule has 0 heterocycles. The lowest BCUT2D eigenvalue weighted by Crippen LogP contribution is -2.34. The minimum Gasteiger partial charge on any atom is -0.389 e. The van der Waals surface area contributed by atoms with Gasteiger partial charge in [0, 0.05) is 20.1 Å². The number of hydrogen-bond donors (Lipinski definition) is 3. The van der Waals surface area contributed by atoms with Crippen molar-refractivity contribution in [2.24, 2.45) is 11.7 Å². The van der Waals surface area contributed by atoms with Gasteiger partial charge >= 0.3 is 0 Å². The molecule has 2 unspecified atom stereocenters. The number of ether oxygens (including phenoxy) is 1. The Labute approximate surface area is 97.3 Å². The second-order valence-corrected chi connectivity index (χ2v) is 4.13. The molecule has 0 aliphatic carbocycles. The van der Waals surface area contributed by atoms with Crippen molar-refractivity contribution in [1.29, 1.82) is 0 Å². The molecule has 0 fully saturated rings. The molecule has 0 bridgehead atoms. The van der Waals surface area contributed by atoms with Crippen LogP contribution < -0.4 is 11.1 Å². The molecule has 0 saturated carbocycles. The van der Waals surface area contributed by atoms with Gasteiger partial charge in [-0.15, -0.1) is 0 Å². The van der Waals surface area contributed by atoms with Gasteiger partial charge in [0.25, 0.3) is 0 Å². The van der Waals surface area contributed by atoms with Gasteiger partial charge in [-0.3, -0.25) is 4.79 Å². The Hall–Kier alpha value is -0.650. The number of carbonyl (C=O) groups is 1. The molecule has 5 nitrogen and oxygen atoms in total. The summed E-state index contributed by atoms with van der Waals surface area (Å²) in [6, 6.07) is 0. The SMILES string of the molecule is COCC(O)CNC(=O)CCC(C)CCN. The number of aliphatic hydroxyl groups excluding tert-OH is 1. The highest BCUT2D eigenvalue weighted by molar-refractivity contribution is 5.75. The summed E-state index contributed by atoms with van der Waals surface area (Å²) in [5, 5.41) is 12.0. The Kier molecular flexibility index (Phi) is 9.18. The number of nitrogens with two attached hydrogens (primary N) is 1. The number of nitrogens with one attached hydrogen (secondary N) is 1. The van der Waals surface area contributed by atoms with Crippen molar-refractivity contribution >= 4 is 5.91 Å². The second-order valence-electron chi connectivity index (χ2n) is 4.13. The van der Waals surface area contributed by atoms with Gasteiger partial charge < -0.3 is 20.9 Å². The van der Waals surface area contributed by atoms with Crippen molar-refractivity contribution in [1.82, 2.24) is 5.32 Å². The molecule has 96 valence electrons. The van der Waals surface area contributed by atoms with Gasteiger partial charge in [0.15, 0.2) is 0 Å². The lowest BCUT2D eigenvalue weighted by atomic mass is 10.0. The average molecular weight is 232 g/mol. The number of aliphatic hydroxyl groups is 1. The van der Waals surface area contributed by atoms with E-state index in [1.807, 2.05) is 0 Å². The molecule has 0 radical (unpaired) electrons. The molecule has 0 aromatic rings. The zero-order chi connectivity index (χ0) is 12.4. The average Bonchev–Trinajstić information content (AvgIpc) is 2.24. The van der Waals surface area contributed by atoms with Crippen LogP contribution in [0.25, 0.3) is 0 Å². The molecule has 16 heavy (non-hydrogen) atoms. The molecule has 0 aromatic heterocycles. The van der Waals surface area contributed by atoms with Crippen molar-refractivity contribution in [3.05, 3.63) is 0 Å². The molecule has 0 aliphatic heterocycles. The first-order chi connectivity index (χ1) is 7.60. The Balaban J connectivity index is 3.51. The maximum absolute atomic E-state index is 11.4. The van der Waals surface area contributed by atoms with Crippen molar-refractivity contribution < 1.29 is 14.6 Å². The maximum Gasteiger partial charge on any atom is 0.220 e. The van der Waals surface area contributed by atoms with Gasteiger partial charge in [-0.1, -0.05) is 6.92 Å². The second kappa shape index (κ2) is 9.57.